The zero-order chi connectivity index (χ0) is 10.7. The lowest BCUT2D eigenvalue weighted by atomic mass is 10.1. The average molecular weight is 205 g/mol. The minimum absolute atomic E-state index is 0.715. The first-order valence-corrected chi connectivity index (χ1v) is 5.12. The Morgan fingerprint density at radius 2 is 2.47 bits per heavy atom. The molecular formula is C11H15N3O. The van der Waals surface area contributed by atoms with Gasteiger partial charge in [0.2, 0.25) is 0 Å². The first-order chi connectivity index (χ1) is 7.35. The van der Waals surface area contributed by atoms with Crippen molar-refractivity contribution in [2.45, 2.75) is 13.3 Å². The maximum atomic E-state index is 5.44. The maximum absolute atomic E-state index is 5.44. The fourth-order valence-electron chi connectivity index (χ4n) is 1.71. The van der Waals surface area contributed by atoms with Crippen LogP contribution in [0, 0.1) is 0 Å². The van der Waals surface area contributed by atoms with Crippen LogP contribution < -0.4 is 16.0 Å². The molecule has 3 N–H and O–H groups in total. The van der Waals surface area contributed by atoms with Gasteiger partial charge in [0.25, 0.3) is 0 Å². The molecular weight excluding hydrogens is 190 g/mol. The van der Waals surface area contributed by atoms with Gasteiger partial charge in [-0.2, -0.15) is 0 Å². The lowest BCUT2D eigenvalue weighted by molar-refractivity contribution is 0.357. The number of rotatable bonds is 2. The summed E-state index contributed by atoms with van der Waals surface area (Å²) in [7, 11) is 0. The van der Waals surface area contributed by atoms with Crippen molar-refractivity contribution < 1.29 is 4.74 Å². The summed E-state index contributed by atoms with van der Waals surface area (Å²) in [5.41, 5.74) is 4.87. The van der Waals surface area contributed by atoms with Gasteiger partial charge in [0.1, 0.15) is 11.6 Å². The molecule has 1 aliphatic rings. The third-order valence-corrected chi connectivity index (χ3v) is 2.42. The van der Waals surface area contributed by atoms with Gasteiger partial charge in [0, 0.05) is 18.5 Å². The monoisotopic (exact) mass is 205 g/mol. The molecule has 1 aromatic carbocycles. The summed E-state index contributed by atoms with van der Waals surface area (Å²) in [6.45, 7) is 3.47. The molecule has 15 heavy (non-hydrogen) atoms. The number of hydrogen-bond acceptors (Lipinski definition) is 3. The van der Waals surface area contributed by atoms with Crippen molar-refractivity contribution in [3.05, 3.63) is 29.3 Å². The number of ether oxygens (including phenoxy) is 1. The number of amidine groups is 1. The van der Waals surface area contributed by atoms with Crippen molar-refractivity contribution in [2.24, 2.45) is 10.8 Å². The second-order valence-electron chi connectivity index (χ2n) is 3.39. The molecule has 4 nitrogen and oxygen atoms in total. The largest absolute Gasteiger partial charge is 0.493 e. The summed E-state index contributed by atoms with van der Waals surface area (Å²) in [6.07, 6.45) is 0.965. The summed E-state index contributed by atoms with van der Waals surface area (Å²) >= 11 is 0. The predicted molar refractivity (Wildman–Crippen MR) is 60.0 cm³/mol. The van der Waals surface area contributed by atoms with E-state index >= 15 is 0 Å². The molecule has 0 unspecified atom stereocenters. The van der Waals surface area contributed by atoms with E-state index in [0.29, 0.717) is 6.54 Å². The molecule has 0 fully saturated rings. The van der Waals surface area contributed by atoms with Crippen LogP contribution in [0.15, 0.2) is 23.2 Å². The smallest absolute Gasteiger partial charge is 0.142 e. The Morgan fingerprint density at radius 1 is 1.60 bits per heavy atom. The van der Waals surface area contributed by atoms with E-state index in [-0.39, 0.29) is 0 Å². The van der Waals surface area contributed by atoms with Crippen LogP contribution in [0.4, 0.5) is 0 Å². The second kappa shape index (κ2) is 4.31. The van der Waals surface area contributed by atoms with Gasteiger partial charge >= 0.3 is 0 Å². The highest BCUT2D eigenvalue weighted by Gasteiger charge is 2.13. The summed E-state index contributed by atoms with van der Waals surface area (Å²) < 4.78 is 5.44. The number of nitrogens with zero attached hydrogens (tertiary/aromatic N) is 1. The van der Waals surface area contributed by atoms with Crippen molar-refractivity contribution in [2.75, 3.05) is 13.2 Å². The van der Waals surface area contributed by atoms with Crippen LogP contribution in [-0.4, -0.2) is 19.0 Å². The van der Waals surface area contributed by atoms with Crippen molar-refractivity contribution in [1.29, 1.82) is 0 Å². The van der Waals surface area contributed by atoms with Gasteiger partial charge < -0.3 is 10.2 Å². The van der Waals surface area contributed by atoms with Crippen molar-refractivity contribution >= 4 is 5.84 Å². The van der Waals surface area contributed by atoms with E-state index < -0.39 is 0 Å². The molecule has 1 aliphatic heterocycles. The van der Waals surface area contributed by atoms with Gasteiger partial charge in [0.15, 0.2) is 0 Å². The highest BCUT2D eigenvalue weighted by molar-refractivity contribution is 5.98. The zero-order valence-corrected chi connectivity index (χ0v) is 8.79. The number of fused-ring (bicyclic) bond motifs is 1. The standard InChI is InChI=1S/C11H15N3O/c1-2-13-11(14-12)9-3-4-10-8(7-9)5-6-15-10/h3-4,7H,2,5-6,12H2,1H3,(H,13,14). The number of hydrogen-bond donors (Lipinski definition) is 2. The summed E-state index contributed by atoms with van der Waals surface area (Å²) in [4.78, 5) is 4.28. The number of benzene rings is 1. The van der Waals surface area contributed by atoms with Crippen LogP contribution in [0.1, 0.15) is 18.1 Å². The summed E-state index contributed by atoms with van der Waals surface area (Å²) in [6, 6.07) is 6.02. The van der Waals surface area contributed by atoms with Crippen LogP contribution in [0.2, 0.25) is 0 Å². The van der Waals surface area contributed by atoms with Crippen LogP contribution in [-0.2, 0) is 6.42 Å². The molecule has 4 heteroatoms. The average Bonchev–Trinajstić information content (AvgIpc) is 2.72. The van der Waals surface area contributed by atoms with E-state index in [4.69, 9.17) is 10.6 Å². The van der Waals surface area contributed by atoms with Gasteiger partial charge in [-0.1, -0.05) is 0 Å². The topological polar surface area (TPSA) is 59.6 Å². The Kier molecular flexibility index (Phi) is 2.87. The van der Waals surface area contributed by atoms with E-state index in [1.807, 2.05) is 19.1 Å². The minimum atomic E-state index is 0.715. The second-order valence-corrected chi connectivity index (χ2v) is 3.39. The molecule has 0 spiro atoms. The summed E-state index contributed by atoms with van der Waals surface area (Å²) in [5, 5.41) is 0. The van der Waals surface area contributed by atoms with E-state index in [1.54, 1.807) is 0 Å². The molecule has 0 amide bonds. The highest BCUT2D eigenvalue weighted by atomic mass is 16.5. The lowest BCUT2D eigenvalue weighted by Crippen LogP contribution is -2.31. The number of nitrogens with one attached hydrogen (secondary N) is 1. The zero-order valence-electron chi connectivity index (χ0n) is 8.79. The van der Waals surface area contributed by atoms with Gasteiger partial charge in [-0.15, -0.1) is 0 Å². The molecule has 0 saturated heterocycles. The fourth-order valence-corrected chi connectivity index (χ4v) is 1.71. The highest BCUT2D eigenvalue weighted by Crippen LogP contribution is 2.25. The van der Waals surface area contributed by atoms with Crippen molar-refractivity contribution in [3.8, 4) is 5.75 Å². The molecule has 0 aliphatic carbocycles. The number of aliphatic imine (C=N–C) groups is 1. The van der Waals surface area contributed by atoms with E-state index in [2.05, 4.69) is 16.5 Å². The molecule has 1 aromatic rings. The molecule has 0 radical (unpaired) electrons. The molecule has 80 valence electrons. The Morgan fingerprint density at radius 3 is 3.20 bits per heavy atom. The van der Waals surface area contributed by atoms with Crippen LogP contribution in [0.25, 0.3) is 0 Å². The van der Waals surface area contributed by atoms with Crippen molar-refractivity contribution in [1.82, 2.24) is 5.43 Å². The Hall–Kier alpha value is -1.55. The first-order valence-electron chi connectivity index (χ1n) is 5.12. The van der Waals surface area contributed by atoms with Crippen LogP contribution >= 0.6 is 0 Å². The summed E-state index contributed by atoms with van der Waals surface area (Å²) in [5.74, 6) is 7.13. The minimum Gasteiger partial charge on any atom is -0.493 e. The van der Waals surface area contributed by atoms with Crippen molar-refractivity contribution in [3.63, 3.8) is 0 Å². The molecule has 1 heterocycles. The van der Waals surface area contributed by atoms with E-state index in [1.165, 1.54) is 5.56 Å². The van der Waals surface area contributed by atoms with E-state index in [9.17, 15) is 0 Å². The molecule has 2 rings (SSSR count). The fraction of sp³-hybridized carbons (Fsp3) is 0.364. The number of hydrazine groups is 1. The normalized spacial score (nSPS) is 14.7. The Bertz CT molecular complexity index is 387. The molecule has 0 atom stereocenters. The Labute approximate surface area is 89.1 Å². The van der Waals surface area contributed by atoms with Gasteiger partial charge in [0.05, 0.1) is 6.61 Å². The van der Waals surface area contributed by atoms with Crippen LogP contribution in [0.3, 0.4) is 0 Å². The predicted octanol–water partition coefficient (Wildman–Crippen LogP) is 0.851. The van der Waals surface area contributed by atoms with Gasteiger partial charge in [-0.05, 0) is 30.7 Å². The lowest BCUT2D eigenvalue weighted by Gasteiger charge is -2.06. The first kappa shape index (κ1) is 9.98. The third kappa shape index (κ3) is 1.94. The third-order valence-electron chi connectivity index (χ3n) is 2.42. The van der Waals surface area contributed by atoms with E-state index in [0.717, 1.165) is 30.2 Å². The molecule has 0 bridgehead atoms. The Balaban J connectivity index is 2.33. The SMILES string of the molecule is CCN=C(NN)c1ccc2c(c1)CCO2. The van der Waals surface area contributed by atoms with Gasteiger partial charge in [-0.3, -0.25) is 4.99 Å². The maximum Gasteiger partial charge on any atom is 0.142 e. The van der Waals surface area contributed by atoms with Crippen LogP contribution in [0.5, 0.6) is 5.75 Å². The molecule has 0 aromatic heterocycles. The quantitative estimate of drug-likeness (QED) is 0.326. The number of nitrogens with two attached hydrogens (primary N) is 1. The van der Waals surface area contributed by atoms with Gasteiger partial charge in [-0.25, -0.2) is 5.84 Å². The molecule has 0 saturated carbocycles.